The molecular weight excluding hydrogens is 220 g/mol. The average Bonchev–Trinajstić information content (AvgIpc) is 2.31. The zero-order valence-electron chi connectivity index (χ0n) is 10.2. The van der Waals surface area contributed by atoms with Gasteiger partial charge in [0.1, 0.15) is 0 Å². The molecule has 5 nitrogen and oxygen atoms in total. The van der Waals surface area contributed by atoms with Gasteiger partial charge >= 0.3 is 5.97 Å². The van der Waals surface area contributed by atoms with E-state index in [1.54, 1.807) is 0 Å². The summed E-state index contributed by atoms with van der Waals surface area (Å²) in [6.07, 6.45) is 1.54. The highest BCUT2D eigenvalue weighted by Gasteiger charge is 2.05. The lowest BCUT2D eigenvalue weighted by Crippen LogP contribution is -2.30. The first-order valence-corrected chi connectivity index (χ1v) is 5.74. The molecule has 0 aliphatic rings. The van der Waals surface area contributed by atoms with Crippen LogP contribution in [0.2, 0.25) is 0 Å². The molecule has 0 atom stereocenters. The predicted octanol–water partition coefficient (Wildman–Crippen LogP) is 0.888. The van der Waals surface area contributed by atoms with Gasteiger partial charge in [-0.15, -0.1) is 0 Å². The lowest BCUT2D eigenvalue weighted by Gasteiger charge is -2.18. The molecule has 0 radical (unpaired) electrons. The van der Waals surface area contributed by atoms with E-state index in [-0.39, 0.29) is 11.1 Å². The van der Waals surface area contributed by atoms with Crippen LogP contribution in [-0.4, -0.2) is 40.2 Å². The molecule has 0 aliphatic heterocycles. The summed E-state index contributed by atoms with van der Waals surface area (Å²) in [6.45, 7) is 7.40. The molecule has 0 fully saturated rings. The van der Waals surface area contributed by atoms with Gasteiger partial charge < -0.3 is 14.6 Å². The Morgan fingerprint density at radius 1 is 1.41 bits per heavy atom. The fourth-order valence-corrected chi connectivity index (χ4v) is 1.61. The Morgan fingerprint density at radius 2 is 2.06 bits per heavy atom. The van der Waals surface area contributed by atoms with Crippen molar-refractivity contribution in [2.45, 2.75) is 20.4 Å². The van der Waals surface area contributed by atoms with E-state index in [4.69, 9.17) is 5.11 Å². The highest BCUT2D eigenvalue weighted by Crippen LogP contribution is 1.95. The summed E-state index contributed by atoms with van der Waals surface area (Å²) in [5.41, 5.74) is -0.230. The molecule has 94 valence electrons. The van der Waals surface area contributed by atoms with Crippen LogP contribution in [0, 0.1) is 0 Å². The van der Waals surface area contributed by atoms with Crippen LogP contribution in [0.4, 0.5) is 0 Å². The zero-order chi connectivity index (χ0) is 12.8. The third kappa shape index (κ3) is 3.71. The molecule has 17 heavy (non-hydrogen) atoms. The number of nitrogens with zero attached hydrogens (tertiary/aromatic N) is 2. The first-order chi connectivity index (χ1) is 8.08. The minimum absolute atomic E-state index is 0.0362. The number of aromatic carboxylic acids is 1. The second kappa shape index (κ2) is 6.20. The maximum Gasteiger partial charge on any atom is 0.335 e. The van der Waals surface area contributed by atoms with Gasteiger partial charge in [0.15, 0.2) is 0 Å². The SMILES string of the molecule is CCN(CC)CCn1ccc(C(=O)O)cc1=O. The van der Waals surface area contributed by atoms with Crippen LogP contribution >= 0.6 is 0 Å². The number of carbonyl (C=O) groups is 1. The Hall–Kier alpha value is -1.62. The van der Waals surface area contributed by atoms with Crippen molar-refractivity contribution in [2.24, 2.45) is 0 Å². The zero-order valence-corrected chi connectivity index (χ0v) is 10.2. The minimum atomic E-state index is -1.07. The van der Waals surface area contributed by atoms with E-state index in [0.29, 0.717) is 6.54 Å². The Balaban J connectivity index is 2.73. The van der Waals surface area contributed by atoms with Crippen LogP contribution in [0.5, 0.6) is 0 Å². The van der Waals surface area contributed by atoms with Crippen molar-refractivity contribution in [3.63, 3.8) is 0 Å². The third-order valence-electron chi connectivity index (χ3n) is 2.79. The summed E-state index contributed by atoms with van der Waals surface area (Å²) in [4.78, 5) is 24.5. The number of likely N-dealkylation sites (N-methyl/N-ethyl adjacent to an activating group) is 1. The highest BCUT2D eigenvalue weighted by molar-refractivity contribution is 5.87. The highest BCUT2D eigenvalue weighted by atomic mass is 16.4. The Labute approximate surface area is 100 Å². The lowest BCUT2D eigenvalue weighted by molar-refractivity contribution is 0.0696. The third-order valence-corrected chi connectivity index (χ3v) is 2.79. The topological polar surface area (TPSA) is 62.5 Å². The van der Waals surface area contributed by atoms with Gasteiger partial charge in [-0.2, -0.15) is 0 Å². The number of aromatic nitrogens is 1. The van der Waals surface area contributed by atoms with Crippen molar-refractivity contribution in [1.82, 2.24) is 9.47 Å². The summed E-state index contributed by atoms with van der Waals surface area (Å²) < 4.78 is 1.53. The normalized spacial score (nSPS) is 10.8. The van der Waals surface area contributed by atoms with Crippen molar-refractivity contribution >= 4 is 5.97 Å². The maximum absolute atomic E-state index is 11.6. The molecule has 0 aromatic carbocycles. The van der Waals surface area contributed by atoms with Gasteiger partial charge in [-0.1, -0.05) is 13.8 Å². The monoisotopic (exact) mass is 238 g/mol. The van der Waals surface area contributed by atoms with Gasteiger partial charge in [-0.05, 0) is 19.2 Å². The van der Waals surface area contributed by atoms with Crippen molar-refractivity contribution in [1.29, 1.82) is 0 Å². The number of rotatable bonds is 6. The van der Waals surface area contributed by atoms with Crippen LogP contribution in [-0.2, 0) is 6.54 Å². The molecule has 0 aliphatic carbocycles. The molecule has 0 saturated heterocycles. The Kier molecular flexibility index (Phi) is 4.90. The summed E-state index contributed by atoms with van der Waals surface area (Å²) in [5, 5.41) is 8.74. The van der Waals surface area contributed by atoms with Crippen LogP contribution in [0.1, 0.15) is 24.2 Å². The summed E-state index contributed by atoms with van der Waals surface area (Å²) in [6, 6.07) is 2.61. The molecule has 1 N–H and O–H groups in total. The largest absolute Gasteiger partial charge is 0.478 e. The van der Waals surface area contributed by atoms with Crippen LogP contribution < -0.4 is 5.56 Å². The van der Waals surface area contributed by atoms with Gasteiger partial charge in [-0.3, -0.25) is 4.79 Å². The predicted molar refractivity (Wildman–Crippen MR) is 65.4 cm³/mol. The molecular formula is C12H18N2O3. The fourth-order valence-electron chi connectivity index (χ4n) is 1.61. The van der Waals surface area contributed by atoms with Crippen molar-refractivity contribution in [3.8, 4) is 0 Å². The van der Waals surface area contributed by atoms with E-state index in [2.05, 4.69) is 18.7 Å². The second-order valence-electron chi connectivity index (χ2n) is 3.78. The molecule has 0 amide bonds. The summed E-state index contributed by atoms with van der Waals surface area (Å²) in [5.74, 6) is -1.07. The number of hydrogen-bond donors (Lipinski definition) is 1. The van der Waals surface area contributed by atoms with E-state index < -0.39 is 5.97 Å². The standard InChI is InChI=1S/C12H18N2O3/c1-3-13(4-2)7-8-14-6-5-10(12(16)17)9-11(14)15/h5-6,9H,3-4,7-8H2,1-2H3,(H,16,17). The number of carboxylic acid groups (broad SMARTS) is 1. The molecule has 5 heteroatoms. The van der Waals surface area contributed by atoms with Gasteiger partial charge in [0.25, 0.3) is 5.56 Å². The van der Waals surface area contributed by atoms with E-state index in [1.165, 1.54) is 16.8 Å². The first-order valence-electron chi connectivity index (χ1n) is 5.74. The van der Waals surface area contributed by atoms with Crippen LogP contribution in [0.25, 0.3) is 0 Å². The van der Waals surface area contributed by atoms with Crippen molar-refractivity contribution in [3.05, 3.63) is 34.2 Å². The van der Waals surface area contributed by atoms with E-state index in [0.717, 1.165) is 25.7 Å². The van der Waals surface area contributed by atoms with Crippen molar-refractivity contribution in [2.75, 3.05) is 19.6 Å². The fraction of sp³-hybridized carbons (Fsp3) is 0.500. The van der Waals surface area contributed by atoms with Gasteiger partial charge in [0.05, 0.1) is 5.56 Å². The summed E-state index contributed by atoms with van der Waals surface area (Å²) in [7, 11) is 0. The molecule has 0 unspecified atom stereocenters. The first kappa shape index (κ1) is 13.4. The molecule has 1 aromatic heterocycles. The van der Waals surface area contributed by atoms with Gasteiger partial charge in [0.2, 0.25) is 0 Å². The number of hydrogen-bond acceptors (Lipinski definition) is 3. The molecule has 1 aromatic rings. The molecule has 0 spiro atoms. The molecule has 0 bridgehead atoms. The van der Waals surface area contributed by atoms with E-state index >= 15 is 0 Å². The minimum Gasteiger partial charge on any atom is -0.478 e. The Bertz CT molecular complexity index is 436. The summed E-state index contributed by atoms with van der Waals surface area (Å²) >= 11 is 0. The maximum atomic E-state index is 11.6. The molecule has 1 heterocycles. The van der Waals surface area contributed by atoms with E-state index in [9.17, 15) is 9.59 Å². The quantitative estimate of drug-likeness (QED) is 0.799. The van der Waals surface area contributed by atoms with Crippen molar-refractivity contribution < 1.29 is 9.90 Å². The van der Waals surface area contributed by atoms with Gasteiger partial charge in [0, 0.05) is 25.4 Å². The Morgan fingerprint density at radius 3 is 2.53 bits per heavy atom. The lowest BCUT2D eigenvalue weighted by atomic mass is 10.3. The van der Waals surface area contributed by atoms with E-state index in [1.807, 2.05) is 0 Å². The van der Waals surface area contributed by atoms with Crippen LogP contribution in [0.3, 0.4) is 0 Å². The molecule has 0 saturated carbocycles. The smallest absolute Gasteiger partial charge is 0.335 e. The van der Waals surface area contributed by atoms with Crippen LogP contribution in [0.15, 0.2) is 23.1 Å². The second-order valence-corrected chi connectivity index (χ2v) is 3.78. The average molecular weight is 238 g/mol. The molecule has 1 rings (SSSR count). The number of carboxylic acids is 1. The van der Waals surface area contributed by atoms with Gasteiger partial charge in [-0.25, -0.2) is 4.79 Å². The number of pyridine rings is 1.